The Morgan fingerprint density at radius 3 is 1.15 bits per heavy atom. The number of nitrogens with zero attached hydrogens (tertiary/aromatic N) is 2. The number of nitriles is 2. The van der Waals surface area contributed by atoms with Gasteiger partial charge in [-0.3, -0.25) is 0 Å². The lowest BCUT2D eigenvalue weighted by Crippen LogP contribution is -2.38. The minimum absolute atomic E-state index is 0.0436. The SMILES string of the molecule is N#C[C@H]1C2c3ccccc3C(c3ccccc32)[C@@H]1C#N. The van der Waals surface area contributed by atoms with Crippen LogP contribution >= 0.6 is 0 Å². The molecule has 3 aliphatic carbocycles. The molecule has 0 fully saturated rings. The molecule has 0 spiro atoms. The lowest BCUT2D eigenvalue weighted by atomic mass is 9.55. The first-order valence-corrected chi connectivity index (χ1v) is 6.83. The van der Waals surface area contributed by atoms with Crippen molar-refractivity contribution in [1.82, 2.24) is 0 Å². The lowest BCUT2D eigenvalue weighted by molar-refractivity contribution is 0.350. The van der Waals surface area contributed by atoms with E-state index in [1.54, 1.807) is 0 Å². The Morgan fingerprint density at radius 1 is 0.600 bits per heavy atom. The summed E-state index contributed by atoms with van der Waals surface area (Å²) in [7, 11) is 0. The number of hydrogen-bond donors (Lipinski definition) is 0. The zero-order valence-corrected chi connectivity index (χ0v) is 10.8. The van der Waals surface area contributed by atoms with Gasteiger partial charge in [0.05, 0.1) is 24.0 Å². The third-order valence-corrected chi connectivity index (χ3v) is 4.74. The molecule has 0 saturated carbocycles. The minimum Gasteiger partial charge on any atom is -0.198 e. The van der Waals surface area contributed by atoms with E-state index in [1.807, 2.05) is 24.3 Å². The van der Waals surface area contributed by atoms with Gasteiger partial charge in [-0.05, 0) is 22.3 Å². The molecule has 3 aliphatic rings. The third kappa shape index (κ3) is 1.21. The standard InChI is InChI=1S/C18H12N2/c19-9-15-16(10-20)18-12-6-2-1-5-11(12)17(15)13-7-3-4-8-14(13)18/h1-8,15-18H/t15-,16-,17?,18?/m1/s1. The van der Waals surface area contributed by atoms with E-state index in [2.05, 4.69) is 36.4 Å². The van der Waals surface area contributed by atoms with Crippen LogP contribution in [0.4, 0.5) is 0 Å². The molecular weight excluding hydrogens is 244 g/mol. The highest BCUT2D eigenvalue weighted by Gasteiger charge is 2.50. The predicted molar refractivity (Wildman–Crippen MR) is 74.8 cm³/mol. The zero-order chi connectivity index (χ0) is 13.7. The van der Waals surface area contributed by atoms with E-state index < -0.39 is 0 Å². The van der Waals surface area contributed by atoms with Crippen molar-refractivity contribution in [2.45, 2.75) is 11.8 Å². The summed E-state index contributed by atoms with van der Waals surface area (Å²) >= 11 is 0. The van der Waals surface area contributed by atoms with Crippen molar-refractivity contribution in [2.24, 2.45) is 11.8 Å². The van der Waals surface area contributed by atoms with Crippen LogP contribution < -0.4 is 0 Å². The molecular formula is C18H12N2. The van der Waals surface area contributed by atoms with Crippen LogP contribution in [0.3, 0.4) is 0 Å². The quantitative estimate of drug-likeness (QED) is 0.723. The first kappa shape index (κ1) is 11.3. The number of rotatable bonds is 0. The van der Waals surface area contributed by atoms with Crippen molar-refractivity contribution in [2.75, 3.05) is 0 Å². The molecule has 0 amide bonds. The van der Waals surface area contributed by atoms with E-state index in [0.29, 0.717) is 0 Å². The maximum atomic E-state index is 9.56. The Bertz CT molecular complexity index is 665. The summed E-state index contributed by atoms with van der Waals surface area (Å²) in [4.78, 5) is 0. The summed E-state index contributed by atoms with van der Waals surface area (Å²) in [6.07, 6.45) is 0. The van der Waals surface area contributed by atoms with Crippen molar-refractivity contribution in [3.05, 3.63) is 70.8 Å². The molecule has 5 rings (SSSR count). The van der Waals surface area contributed by atoms with Crippen LogP contribution in [0.15, 0.2) is 48.5 Å². The normalized spacial score (nSPS) is 28.9. The van der Waals surface area contributed by atoms with Gasteiger partial charge in [0, 0.05) is 11.8 Å². The highest BCUT2D eigenvalue weighted by Crippen LogP contribution is 2.57. The minimum atomic E-state index is -0.241. The second kappa shape index (κ2) is 3.95. The highest BCUT2D eigenvalue weighted by atomic mass is 14.5. The molecule has 0 radical (unpaired) electrons. The summed E-state index contributed by atoms with van der Waals surface area (Å²) in [6, 6.07) is 21.3. The van der Waals surface area contributed by atoms with Crippen LogP contribution in [0, 0.1) is 34.5 Å². The molecule has 2 aromatic carbocycles. The summed E-state index contributed by atoms with van der Waals surface area (Å²) < 4.78 is 0. The lowest BCUT2D eigenvalue weighted by Gasteiger charge is -2.45. The molecule has 0 aromatic heterocycles. The van der Waals surface area contributed by atoms with Crippen molar-refractivity contribution < 1.29 is 0 Å². The molecule has 2 atom stereocenters. The molecule has 2 bridgehead atoms. The van der Waals surface area contributed by atoms with E-state index in [0.717, 1.165) is 0 Å². The van der Waals surface area contributed by atoms with Crippen molar-refractivity contribution in [1.29, 1.82) is 10.5 Å². The summed E-state index contributed by atoms with van der Waals surface area (Å²) in [6.45, 7) is 0. The summed E-state index contributed by atoms with van der Waals surface area (Å²) in [5.41, 5.74) is 4.92. The molecule has 2 aromatic rings. The van der Waals surface area contributed by atoms with Gasteiger partial charge in [-0.1, -0.05) is 48.5 Å². The first-order chi connectivity index (χ1) is 9.86. The molecule has 0 heterocycles. The molecule has 0 unspecified atom stereocenters. The van der Waals surface area contributed by atoms with Crippen LogP contribution in [-0.2, 0) is 0 Å². The largest absolute Gasteiger partial charge is 0.198 e. The molecule has 94 valence electrons. The fraction of sp³-hybridized carbons (Fsp3) is 0.222. The van der Waals surface area contributed by atoms with Crippen LogP contribution in [0.2, 0.25) is 0 Å². The Morgan fingerprint density at radius 2 is 0.900 bits per heavy atom. The van der Waals surface area contributed by atoms with Gasteiger partial charge in [0.1, 0.15) is 0 Å². The monoisotopic (exact) mass is 256 g/mol. The van der Waals surface area contributed by atoms with E-state index in [1.165, 1.54) is 22.3 Å². The first-order valence-electron chi connectivity index (χ1n) is 6.83. The average molecular weight is 256 g/mol. The van der Waals surface area contributed by atoms with Crippen molar-refractivity contribution in [3.8, 4) is 12.1 Å². The fourth-order valence-electron chi connectivity index (χ4n) is 3.99. The van der Waals surface area contributed by atoms with Gasteiger partial charge < -0.3 is 0 Å². The van der Waals surface area contributed by atoms with Crippen LogP contribution in [0.5, 0.6) is 0 Å². The summed E-state index contributed by atoms with van der Waals surface area (Å²) in [5.74, 6) is -0.395. The van der Waals surface area contributed by atoms with E-state index in [-0.39, 0.29) is 23.7 Å². The maximum Gasteiger partial charge on any atom is 0.0740 e. The van der Waals surface area contributed by atoms with Gasteiger partial charge in [-0.25, -0.2) is 0 Å². The number of benzene rings is 2. The van der Waals surface area contributed by atoms with Crippen LogP contribution in [-0.4, -0.2) is 0 Å². The number of fused-ring (bicyclic) bond motifs is 1. The number of hydrogen-bond acceptors (Lipinski definition) is 2. The molecule has 0 saturated heterocycles. The Hall–Kier alpha value is -2.58. The third-order valence-electron chi connectivity index (χ3n) is 4.74. The highest BCUT2D eigenvalue weighted by molar-refractivity contribution is 5.58. The topological polar surface area (TPSA) is 47.6 Å². The maximum absolute atomic E-state index is 9.56. The Kier molecular flexibility index (Phi) is 2.23. The van der Waals surface area contributed by atoms with Crippen molar-refractivity contribution >= 4 is 0 Å². The van der Waals surface area contributed by atoms with E-state index in [9.17, 15) is 10.5 Å². The molecule has 20 heavy (non-hydrogen) atoms. The van der Waals surface area contributed by atoms with E-state index in [4.69, 9.17) is 0 Å². The Balaban J connectivity index is 2.08. The van der Waals surface area contributed by atoms with Gasteiger partial charge in [0.2, 0.25) is 0 Å². The average Bonchev–Trinajstić information content (AvgIpc) is 2.53. The zero-order valence-electron chi connectivity index (χ0n) is 10.8. The fourth-order valence-corrected chi connectivity index (χ4v) is 3.99. The predicted octanol–water partition coefficient (Wildman–Crippen LogP) is 3.56. The second-order valence-electron chi connectivity index (χ2n) is 5.52. The van der Waals surface area contributed by atoms with E-state index >= 15 is 0 Å². The summed E-state index contributed by atoms with van der Waals surface area (Å²) in [5, 5.41) is 19.1. The smallest absolute Gasteiger partial charge is 0.0740 e. The molecule has 0 N–H and O–H groups in total. The molecule has 2 heteroatoms. The van der Waals surface area contributed by atoms with Gasteiger partial charge in [-0.15, -0.1) is 0 Å². The van der Waals surface area contributed by atoms with Gasteiger partial charge in [0.25, 0.3) is 0 Å². The molecule has 0 aliphatic heterocycles. The van der Waals surface area contributed by atoms with Crippen LogP contribution in [0.1, 0.15) is 34.1 Å². The second-order valence-corrected chi connectivity index (χ2v) is 5.52. The van der Waals surface area contributed by atoms with Crippen molar-refractivity contribution in [3.63, 3.8) is 0 Å². The molecule has 2 nitrogen and oxygen atoms in total. The van der Waals surface area contributed by atoms with Gasteiger partial charge in [0.15, 0.2) is 0 Å². The Labute approximate surface area is 117 Å². The van der Waals surface area contributed by atoms with Gasteiger partial charge >= 0.3 is 0 Å². The van der Waals surface area contributed by atoms with Gasteiger partial charge in [-0.2, -0.15) is 10.5 Å². The van der Waals surface area contributed by atoms with Crippen LogP contribution in [0.25, 0.3) is 0 Å².